The van der Waals surface area contributed by atoms with Crippen LogP contribution in [0.25, 0.3) is 4.96 Å². The molecule has 0 aliphatic carbocycles. The summed E-state index contributed by atoms with van der Waals surface area (Å²) in [5.74, 6) is 1.70. The quantitative estimate of drug-likeness (QED) is 0.740. The molecule has 4 rings (SSSR count). The average Bonchev–Trinajstić information content (AvgIpc) is 3.23. The van der Waals surface area contributed by atoms with Crippen LogP contribution in [0.3, 0.4) is 0 Å². The largest absolute Gasteiger partial charge is 0.497 e. The fourth-order valence-electron chi connectivity index (χ4n) is 3.29. The van der Waals surface area contributed by atoms with Crippen LogP contribution in [0.2, 0.25) is 0 Å². The number of rotatable bonds is 5. The molecule has 1 atom stereocenters. The zero-order valence-corrected chi connectivity index (χ0v) is 15.7. The van der Waals surface area contributed by atoms with Gasteiger partial charge in [-0.2, -0.15) is 4.52 Å². The molecule has 1 saturated heterocycles. The Kier molecular flexibility index (Phi) is 4.80. The molecule has 0 radical (unpaired) electrons. The third-order valence-corrected chi connectivity index (χ3v) is 5.70. The first-order valence-corrected chi connectivity index (χ1v) is 9.56. The molecule has 0 amide bonds. The van der Waals surface area contributed by atoms with E-state index in [4.69, 9.17) is 9.47 Å². The van der Waals surface area contributed by atoms with E-state index in [9.17, 15) is 5.11 Å². The van der Waals surface area contributed by atoms with Gasteiger partial charge in [0.2, 0.25) is 10.8 Å². The molecule has 138 valence electrons. The number of aryl methyl sites for hydroxylation is 1. The number of hydrogen-bond donors (Lipinski definition) is 1. The van der Waals surface area contributed by atoms with Crippen molar-refractivity contribution in [3.8, 4) is 11.6 Å². The van der Waals surface area contributed by atoms with Crippen molar-refractivity contribution < 1.29 is 14.6 Å². The predicted octanol–water partition coefficient (Wildman–Crippen LogP) is 2.49. The van der Waals surface area contributed by atoms with E-state index in [1.165, 1.54) is 11.3 Å². The van der Waals surface area contributed by atoms with Gasteiger partial charge < -0.3 is 14.6 Å². The molecule has 26 heavy (non-hydrogen) atoms. The van der Waals surface area contributed by atoms with Gasteiger partial charge >= 0.3 is 0 Å². The lowest BCUT2D eigenvalue weighted by Crippen LogP contribution is -2.39. The van der Waals surface area contributed by atoms with Crippen LogP contribution in [0.5, 0.6) is 11.6 Å². The Labute approximate surface area is 155 Å². The highest BCUT2D eigenvalue weighted by molar-refractivity contribution is 7.17. The normalized spacial score (nSPS) is 16.8. The summed E-state index contributed by atoms with van der Waals surface area (Å²) in [5.41, 5.74) is 1.07. The molecule has 1 aliphatic heterocycles. The smallest absolute Gasteiger partial charge is 0.230 e. The van der Waals surface area contributed by atoms with Crippen LogP contribution in [0.15, 0.2) is 24.3 Å². The van der Waals surface area contributed by atoms with Crippen molar-refractivity contribution >= 4 is 16.3 Å². The molecule has 0 bridgehead atoms. The van der Waals surface area contributed by atoms with Gasteiger partial charge in [-0.05, 0) is 17.7 Å². The second kappa shape index (κ2) is 7.22. The van der Waals surface area contributed by atoms with Gasteiger partial charge in [0.05, 0.1) is 31.2 Å². The van der Waals surface area contributed by atoms with E-state index in [-0.39, 0.29) is 11.9 Å². The van der Waals surface area contributed by atoms with Crippen LogP contribution in [-0.4, -0.2) is 58.0 Å². The molecule has 1 aromatic carbocycles. The molecule has 3 heterocycles. The maximum atomic E-state index is 10.9. The molecule has 1 N–H and O–H groups in total. The van der Waals surface area contributed by atoms with Crippen LogP contribution >= 0.6 is 11.3 Å². The Morgan fingerprint density at radius 1 is 1.35 bits per heavy atom. The summed E-state index contributed by atoms with van der Waals surface area (Å²) in [6.45, 7) is 4.97. The first-order valence-electron chi connectivity index (χ1n) is 8.74. The minimum Gasteiger partial charge on any atom is -0.497 e. The number of fused-ring (bicyclic) bond motifs is 1. The van der Waals surface area contributed by atoms with Crippen molar-refractivity contribution in [3.05, 3.63) is 40.5 Å². The van der Waals surface area contributed by atoms with Gasteiger partial charge in [0.25, 0.3) is 0 Å². The first-order chi connectivity index (χ1) is 12.7. The highest BCUT2D eigenvalue weighted by atomic mass is 32.1. The third kappa shape index (κ3) is 3.04. The highest BCUT2D eigenvalue weighted by Gasteiger charge is 2.30. The van der Waals surface area contributed by atoms with Crippen LogP contribution in [0, 0.1) is 0 Å². The zero-order valence-electron chi connectivity index (χ0n) is 14.9. The molecule has 1 aliphatic rings. The molecule has 2 aromatic heterocycles. The maximum absolute atomic E-state index is 10.9. The van der Waals surface area contributed by atoms with Gasteiger partial charge in [-0.15, -0.1) is 5.10 Å². The fraction of sp³-hybridized carbons (Fsp3) is 0.444. The number of methoxy groups -OCH3 is 1. The van der Waals surface area contributed by atoms with Crippen molar-refractivity contribution in [1.29, 1.82) is 0 Å². The summed E-state index contributed by atoms with van der Waals surface area (Å²) in [7, 11) is 1.66. The van der Waals surface area contributed by atoms with E-state index in [0.717, 1.165) is 46.5 Å². The lowest BCUT2D eigenvalue weighted by atomic mass is 10.0. The minimum atomic E-state index is -0.0902. The fourth-order valence-corrected chi connectivity index (χ4v) is 4.43. The Bertz CT molecular complexity index is 901. The molecule has 1 fully saturated rings. The molecule has 3 aromatic rings. The van der Waals surface area contributed by atoms with Crippen molar-refractivity contribution in [2.45, 2.75) is 19.4 Å². The van der Waals surface area contributed by atoms with Gasteiger partial charge in [0.15, 0.2) is 5.82 Å². The van der Waals surface area contributed by atoms with Crippen LogP contribution < -0.4 is 4.74 Å². The van der Waals surface area contributed by atoms with Gasteiger partial charge in [0.1, 0.15) is 5.75 Å². The molecule has 0 unspecified atom stereocenters. The van der Waals surface area contributed by atoms with E-state index in [1.807, 2.05) is 25.1 Å². The summed E-state index contributed by atoms with van der Waals surface area (Å²) in [6, 6.07) is 7.90. The van der Waals surface area contributed by atoms with Gasteiger partial charge in [-0.3, -0.25) is 4.90 Å². The van der Waals surface area contributed by atoms with Crippen molar-refractivity contribution in [1.82, 2.24) is 19.5 Å². The Morgan fingerprint density at radius 2 is 2.15 bits per heavy atom. The predicted molar refractivity (Wildman–Crippen MR) is 99.1 cm³/mol. The topological polar surface area (TPSA) is 72.1 Å². The lowest BCUT2D eigenvalue weighted by molar-refractivity contribution is 0.0241. The van der Waals surface area contributed by atoms with Gasteiger partial charge in [-0.1, -0.05) is 30.4 Å². The van der Waals surface area contributed by atoms with E-state index in [2.05, 4.69) is 21.0 Å². The monoisotopic (exact) mass is 374 g/mol. The third-order valence-electron chi connectivity index (χ3n) is 4.63. The summed E-state index contributed by atoms with van der Waals surface area (Å²) in [5, 5.41) is 15.3. The van der Waals surface area contributed by atoms with E-state index in [1.54, 1.807) is 11.6 Å². The SMILES string of the molecule is CCc1nc2sc([C@@H](c3cccc(OC)c3)N3CCOCC3)c(O)n2n1. The van der Waals surface area contributed by atoms with Crippen molar-refractivity contribution in [2.75, 3.05) is 33.4 Å². The second-order valence-corrected chi connectivity index (χ2v) is 7.20. The Hall–Kier alpha value is -2.16. The van der Waals surface area contributed by atoms with Crippen molar-refractivity contribution in [2.24, 2.45) is 0 Å². The number of benzene rings is 1. The summed E-state index contributed by atoms with van der Waals surface area (Å²) >= 11 is 1.49. The average molecular weight is 374 g/mol. The van der Waals surface area contributed by atoms with E-state index in [0.29, 0.717) is 13.2 Å². The molecular formula is C18H22N4O3S. The van der Waals surface area contributed by atoms with Crippen LogP contribution in [-0.2, 0) is 11.2 Å². The Morgan fingerprint density at radius 3 is 2.85 bits per heavy atom. The number of aromatic hydroxyl groups is 1. The lowest BCUT2D eigenvalue weighted by Gasteiger charge is -2.34. The summed E-state index contributed by atoms with van der Waals surface area (Å²) in [6.07, 6.45) is 0.742. The number of nitrogens with zero attached hydrogens (tertiary/aromatic N) is 4. The van der Waals surface area contributed by atoms with Crippen LogP contribution in [0.1, 0.15) is 29.2 Å². The minimum absolute atomic E-state index is 0.0902. The van der Waals surface area contributed by atoms with E-state index >= 15 is 0 Å². The van der Waals surface area contributed by atoms with Crippen molar-refractivity contribution in [3.63, 3.8) is 0 Å². The van der Waals surface area contributed by atoms with E-state index < -0.39 is 0 Å². The number of hydrogen-bond acceptors (Lipinski definition) is 7. The number of aromatic nitrogens is 3. The first kappa shape index (κ1) is 17.3. The molecule has 8 heteroatoms. The summed E-state index contributed by atoms with van der Waals surface area (Å²) in [4.78, 5) is 8.40. The standard InChI is InChI=1S/C18H22N4O3S/c1-3-14-19-18-22(20-14)17(23)16(26-18)15(21-7-9-25-10-8-21)12-5-4-6-13(11-12)24-2/h4-6,11,15,23H,3,7-10H2,1-2H3/t15-/m1/s1. The molecule has 0 saturated carbocycles. The highest BCUT2D eigenvalue weighted by Crippen LogP contribution is 2.40. The molecule has 7 nitrogen and oxygen atoms in total. The van der Waals surface area contributed by atoms with Crippen LogP contribution in [0.4, 0.5) is 0 Å². The molecular weight excluding hydrogens is 352 g/mol. The number of ether oxygens (including phenoxy) is 2. The number of thiazole rings is 1. The number of morpholine rings is 1. The van der Waals surface area contributed by atoms with Gasteiger partial charge in [0, 0.05) is 19.5 Å². The summed E-state index contributed by atoms with van der Waals surface area (Å²) < 4.78 is 12.5. The van der Waals surface area contributed by atoms with Gasteiger partial charge in [-0.25, -0.2) is 4.98 Å². The molecule has 0 spiro atoms. The zero-order chi connectivity index (χ0) is 18.1. The second-order valence-electron chi connectivity index (χ2n) is 6.19. The Balaban J connectivity index is 1.81. The maximum Gasteiger partial charge on any atom is 0.230 e.